The van der Waals surface area contributed by atoms with Crippen LogP contribution in [0.4, 0.5) is 0 Å². The second-order valence-corrected chi connectivity index (χ2v) is 7.01. The van der Waals surface area contributed by atoms with Gasteiger partial charge in [-0.1, -0.05) is 39.5 Å². The van der Waals surface area contributed by atoms with Crippen molar-refractivity contribution in [2.24, 2.45) is 17.8 Å². The minimum Gasteiger partial charge on any atom is -0.311 e. The summed E-state index contributed by atoms with van der Waals surface area (Å²) in [7, 11) is 0. The van der Waals surface area contributed by atoms with E-state index < -0.39 is 0 Å². The van der Waals surface area contributed by atoms with E-state index >= 15 is 0 Å². The van der Waals surface area contributed by atoms with Gasteiger partial charge in [-0.2, -0.15) is 0 Å². The molecule has 0 bridgehead atoms. The van der Waals surface area contributed by atoms with Gasteiger partial charge in [0.1, 0.15) is 0 Å². The van der Waals surface area contributed by atoms with Gasteiger partial charge < -0.3 is 5.32 Å². The molecule has 0 aromatic heterocycles. The summed E-state index contributed by atoms with van der Waals surface area (Å²) < 4.78 is 0. The van der Waals surface area contributed by atoms with Crippen LogP contribution in [0.5, 0.6) is 0 Å². The highest BCUT2D eigenvalue weighted by Gasteiger charge is 2.32. The van der Waals surface area contributed by atoms with Crippen LogP contribution in [0.1, 0.15) is 72.1 Å². The third-order valence-electron chi connectivity index (χ3n) is 4.88. The van der Waals surface area contributed by atoms with Gasteiger partial charge >= 0.3 is 0 Å². The van der Waals surface area contributed by atoms with Gasteiger partial charge in [0.2, 0.25) is 0 Å². The summed E-state index contributed by atoms with van der Waals surface area (Å²) in [5.74, 6) is 2.96. The molecule has 0 amide bonds. The molecule has 2 aliphatic rings. The molecule has 0 aliphatic heterocycles. The summed E-state index contributed by atoms with van der Waals surface area (Å²) in [6.07, 6.45) is 11.8. The molecular formula is C16H31N. The quantitative estimate of drug-likeness (QED) is 0.765. The predicted molar refractivity (Wildman–Crippen MR) is 75.1 cm³/mol. The summed E-state index contributed by atoms with van der Waals surface area (Å²) in [5, 5.41) is 3.88. The lowest BCUT2D eigenvalue weighted by atomic mass is 9.69. The van der Waals surface area contributed by atoms with Crippen LogP contribution in [-0.4, -0.2) is 12.1 Å². The van der Waals surface area contributed by atoms with Crippen LogP contribution in [0.25, 0.3) is 0 Å². The maximum Gasteiger partial charge on any atom is 0.00723 e. The maximum absolute atomic E-state index is 3.88. The zero-order valence-electron chi connectivity index (χ0n) is 12.0. The lowest BCUT2D eigenvalue weighted by Gasteiger charge is -2.40. The Hall–Kier alpha value is -0.0400. The minimum absolute atomic E-state index is 0.708. The molecule has 0 aromatic carbocycles. The maximum atomic E-state index is 3.88. The smallest absolute Gasteiger partial charge is 0.00723 e. The summed E-state index contributed by atoms with van der Waals surface area (Å²) in [6, 6.07) is 1.53. The van der Waals surface area contributed by atoms with Crippen LogP contribution in [0.15, 0.2) is 0 Å². The molecule has 4 atom stereocenters. The molecule has 1 heteroatoms. The lowest BCUT2D eigenvalue weighted by Crippen LogP contribution is -2.43. The molecule has 1 N–H and O–H groups in total. The van der Waals surface area contributed by atoms with Crippen LogP contribution in [0.3, 0.4) is 0 Å². The molecule has 100 valence electrons. The van der Waals surface area contributed by atoms with E-state index in [0.717, 1.165) is 23.8 Å². The second kappa shape index (κ2) is 6.22. The number of nitrogens with one attached hydrogen (secondary N) is 1. The fourth-order valence-electron chi connectivity index (χ4n) is 4.20. The van der Waals surface area contributed by atoms with E-state index in [1.54, 1.807) is 0 Å². The van der Waals surface area contributed by atoms with Gasteiger partial charge in [0.05, 0.1) is 0 Å². The average molecular weight is 237 g/mol. The summed E-state index contributed by atoms with van der Waals surface area (Å²) in [5.41, 5.74) is 0. The molecule has 2 rings (SSSR count). The number of hydrogen-bond donors (Lipinski definition) is 1. The monoisotopic (exact) mass is 237 g/mol. The van der Waals surface area contributed by atoms with Crippen LogP contribution in [0.2, 0.25) is 0 Å². The van der Waals surface area contributed by atoms with E-state index in [9.17, 15) is 0 Å². The third-order valence-corrected chi connectivity index (χ3v) is 4.88. The van der Waals surface area contributed by atoms with E-state index in [1.165, 1.54) is 51.4 Å². The van der Waals surface area contributed by atoms with Crippen LogP contribution < -0.4 is 5.32 Å². The molecule has 2 saturated carbocycles. The first-order chi connectivity index (χ1) is 8.15. The Labute approximate surface area is 108 Å². The van der Waals surface area contributed by atoms with Gasteiger partial charge in [0.15, 0.2) is 0 Å². The molecule has 1 nitrogen and oxygen atoms in total. The van der Waals surface area contributed by atoms with Gasteiger partial charge in [-0.3, -0.25) is 0 Å². The highest BCUT2D eigenvalue weighted by molar-refractivity contribution is 4.87. The number of hydrogen-bond acceptors (Lipinski definition) is 1. The fraction of sp³-hybridized carbons (Fsp3) is 1.00. The van der Waals surface area contributed by atoms with E-state index in [1.807, 2.05) is 0 Å². The van der Waals surface area contributed by atoms with Crippen molar-refractivity contribution < 1.29 is 0 Å². The average Bonchev–Trinajstić information content (AvgIpc) is 2.27. The molecule has 0 heterocycles. The second-order valence-electron chi connectivity index (χ2n) is 7.01. The highest BCUT2D eigenvalue weighted by Crippen LogP contribution is 2.40. The van der Waals surface area contributed by atoms with Crippen molar-refractivity contribution >= 4 is 0 Å². The molecule has 2 fully saturated rings. The number of rotatable bonds is 4. The van der Waals surface area contributed by atoms with Gasteiger partial charge in [-0.25, -0.2) is 0 Å². The highest BCUT2D eigenvalue weighted by atomic mass is 14.9. The molecular weight excluding hydrogens is 206 g/mol. The summed E-state index contributed by atoms with van der Waals surface area (Å²) in [6.45, 7) is 7.03. The van der Waals surface area contributed by atoms with Crippen molar-refractivity contribution in [3.05, 3.63) is 0 Å². The Morgan fingerprint density at radius 1 is 0.941 bits per heavy atom. The molecule has 2 aliphatic carbocycles. The summed E-state index contributed by atoms with van der Waals surface area (Å²) in [4.78, 5) is 0. The van der Waals surface area contributed by atoms with Crippen molar-refractivity contribution in [3.8, 4) is 0 Å². The Bertz CT molecular complexity index is 224. The van der Waals surface area contributed by atoms with Crippen molar-refractivity contribution in [3.63, 3.8) is 0 Å². The molecule has 0 radical (unpaired) electrons. The first kappa shape index (κ1) is 13.4. The Balaban J connectivity index is 1.75. The van der Waals surface area contributed by atoms with Crippen molar-refractivity contribution in [2.45, 2.75) is 84.2 Å². The van der Waals surface area contributed by atoms with E-state index in [-0.39, 0.29) is 0 Å². The first-order valence-electron chi connectivity index (χ1n) is 7.91. The largest absolute Gasteiger partial charge is 0.311 e. The molecule has 0 aromatic rings. The van der Waals surface area contributed by atoms with E-state index in [2.05, 4.69) is 26.1 Å². The molecule has 4 unspecified atom stereocenters. The van der Waals surface area contributed by atoms with Crippen LogP contribution in [0, 0.1) is 17.8 Å². The lowest BCUT2D eigenvalue weighted by molar-refractivity contribution is 0.138. The summed E-state index contributed by atoms with van der Waals surface area (Å²) >= 11 is 0. The molecule has 0 saturated heterocycles. The predicted octanol–water partition coefficient (Wildman–Crippen LogP) is 4.37. The van der Waals surface area contributed by atoms with Gasteiger partial charge in [-0.05, 0) is 50.4 Å². The first-order valence-corrected chi connectivity index (χ1v) is 7.91. The fourth-order valence-corrected chi connectivity index (χ4v) is 4.20. The normalized spacial score (nSPS) is 35.6. The van der Waals surface area contributed by atoms with E-state index in [4.69, 9.17) is 0 Å². The number of fused-ring (bicyclic) bond motifs is 1. The molecule has 0 spiro atoms. The Morgan fingerprint density at radius 3 is 2.35 bits per heavy atom. The zero-order valence-corrected chi connectivity index (χ0v) is 12.0. The van der Waals surface area contributed by atoms with Crippen molar-refractivity contribution in [1.29, 1.82) is 0 Å². The van der Waals surface area contributed by atoms with Gasteiger partial charge in [0, 0.05) is 12.1 Å². The van der Waals surface area contributed by atoms with Gasteiger partial charge in [-0.15, -0.1) is 0 Å². The zero-order chi connectivity index (χ0) is 12.3. The topological polar surface area (TPSA) is 12.0 Å². The van der Waals surface area contributed by atoms with Gasteiger partial charge in [0.25, 0.3) is 0 Å². The van der Waals surface area contributed by atoms with Crippen molar-refractivity contribution in [1.82, 2.24) is 5.32 Å². The minimum atomic E-state index is 0.708. The van der Waals surface area contributed by atoms with E-state index in [0.29, 0.717) is 6.04 Å². The van der Waals surface area contributed by atoms with Crippen molar-refractivity contribution in [2.75, 3.05) is 0 Å². The Kier molecular flexibility index (Phi) is 4.90. The van der Waals surface area contributed by atoms with Crippen LogP contribution >= 0.6 is 0 Å². The Morgan fingerprint density at radius 2 is 1.65 bits per heavy atom. The standard InChI is InChI=1S/C16H31N/c1-12(2)10-13(3)17-16-9-8-14-6-4-5-7-15(14)11-16/h12-17H,4-11H2,1-3H3. The third kappa shape index (κ3) is 3.98. The molecule has 17 heavy (non-hydrogen) atoms. The van der Waals surface area contributed by atoms with Crippen LogP contribution in [-0.2, 0) is 0 Å². The SMILES string of the molecule is CC(C)CC(C)NC1CCC2CCCCC2C1.